The molecule has 1 aromatic rings. The zero-order valence-electron chi connectivity index (χ0n) is 13.0. The second-order valence-electron chi connectivity index (χ2n) is 5.05. The van der Waals surface area contributed by atoms with E-state index in [9.17, 15) is 4.21 Å². The first-order chi connectivity index (χ1) is 11.5. The largest absolute Gasteiger partial charge is 0.501 e. The topological polar surface area (TPSA) is 87.8 Å². The Hall–Kier alpha value is -1.03. The van der Waals surface area contributed by atoms with Gasteiger partial charge in [-0.2, -0.15) is 0 Å². The van der Waals surface area contributed by atoms with E-state index < -0.39 is 11.0 Å². The lowest BCUT2D eigenvalue weighted by Crippen LogP contribution is -2.28. The highest BCUT2D eigenvalue weighted by atomic mass is 35.5. The molecule has 0 radical (unpaired) electrons. The normalized spacial score (nSPS) is 15.8. The number of nitrogens with one attached hydrogen (secondary N) is 1. The molecule has 0 spiro atoms. The summed E-state index contributed by atoms with van der Waals surface area (Å²) >= 11 is 7.65. The Balaban J connectivity index is 1.82. The third-order valence-corrected chi connectivity index (χ3v) is 5.50. The van der Waals surface area contributed by atoms with Crippen molar-refractivity contribution in [1.82, 2.24) is 4.31 Å². The number of nitrogens with two attached hydrogens (primary N) is 1. The van der Waals surface area contributed by atoms with E-state index in [4.69, 9.17) is 26.6 Å². The first-order valence-electron chi connectivity index (χ1n) is 7.24. The molecule has 1 unspecified atom stereocenters. The number of halogens is 1. The summed E-state index contributed by atoms with van der Waals surface area (Å²) in [5, 5.41) is 17.9. The van der Waals surface area contributed by atoms with Crippen LogP contribution in [0, 0.1) is 0 Å². The van der Waals surface area contributed by atoms with E-state index in [1.54, 1.807) is 36.4 Å². The average molecular weight is 390 g/mol. The van der Waals surface area contributed by atoms with Crippen molar-refractivity contribution in [3.63, 3.8) is 0 Å². The van der Waals surface area contributed by atoms with Gasteiger partial charge in [0.25, 0.3) is 0 Å². The molecule has 24 heavy (non-hydrogen) atoms. The molecule has 1 heterocycles. The van der Waals surface area contributed by atoms with Crippen LogP contribution < -0.4 is 10.5 Å². The molecule has 0 saturated carbocycles. The molecule has 9 heteroatoms. The van der Waals surface area contributed by atoms with E-state index in [0.29, 0.717) is 28.8 Å². The third-order valence-electron chi connectivity index (χ3n) is 3.20. The predicted molar refractivity (Wildman–Crippen MR) is 99.0 cm³/mol. The SMILES string of the molecule is C=C(/C=C/OCCCN1CNc2cc(Cl)c(S(N)=O)cc2S1)CO. The van der Waals surface area contributed by atoms with Gasteiger partial charge in [-0.15, -0.1) is 0 Å². The summed E-state index contributed by atoms with van der Waals surface area (Å²) in [6.07, 6.45) is 4.02. The monoisotopic (exact) mass is 389 g/mol. The lowest BCUT2D eigenvalue weighted by Gasteiger charge is -2.29. The molecule has 1 atom stereocenters. The fourth-order valence-corrected chi connectivity index (χ4v) is 3.94. The van der Waals surface area contributed by atoms with Gasteiger partial charge >= 0.3 is 0 Å². The van der Waals surface area contributed by atoms with Gasteiger partial charge < -0.3 is 15.2 Å². The number of aliphatic hydroxyl groups is 1. The minimum Gasteiger partial charge on any atom is -0.501 e. The minimum absolute atomic E-state index is 0.0745. The third kappa shape index (κ3) is 5.51. The van der Waals surface area contributed by atoms with E-state index >= 15 is 0 Å². The van der Waals surface area contributed by atoms with E-state index in [0.717, 1.165) is 23.5 Å². The number of rotatable bonds is 8. The van der Waals surface area contributed by atoms with Crippen molar-refractivity contribution < 1.29 is 14.1 Å². The zero-order valence-corrected chi connectivity index (χ0v) is 15.4. The molecular weight excluding hydrogens is 370 g/mol. The zero-order chi connectivity index (χ0) is 17.5. The summed E-state index contributed by atoms with van der Waals surface area (Å²) in [6, 6.07) is 3.51. The van der Waals surface area contributed by atoms with Crippen molar-refractivity contribution >= 4 is 40.2 Å². The maximum absolute atomic E-state index is 11.5. The molecule has 132 valence electrons. The molecule has 0 bridgehead atoms. The molecule has 0 aliphatic carbocycles. The van der Waals surface area contributed by atoms with Crippen LogP contribution in [0.1, 0.15) is 6.42 Å². The number of ether oxygens (including phenoxy) is 1. The Labute approximate surface area is 153 Å². The van der Waals surface area contributed by atoms with Gasteiger partial charge in [0.1, 0.15) is 11.0 Å². The number of benzene rings is 1. The number of hydrogen-bond acceptors (Lipinski definition) is 6. The fraction of sp³-hybridized carbons (Fsp3) is 0.333. The van der Waals surface area contributed by atoms with Gasteiger partial charge in [0.15, 0.2) is 0 Å². The quantitative estimate of drug-likeness (QED) is 0.274. The van der Waals surface area contributed by atoms with Crippen LogP contribution in [0.2, 0.25) is 5.02 Å². The first-order valence-corrected chi connectivity index (χ1v) is 9.61. The second-order valence-corrected chi connectivity index (χ2v) is 7.63. The van der Waals surface area contributed by atoms with Crippen molar-refractivity contribution in [2.24, 2.45) is 5.14 Å². The summed E-state index contributed by atoms with van der Waals surface area (Å²) in [5.41, 5.74) is 1.52. The van der Waals surface area contributed by atoms with Crippen LogP contribution in [0.5, 0.6) is 0 Å². The van der Waals surface area contributed by atoms with Crippen LogP contribution in [-0.2, 0) is 15.7 Å². The molecule has 0 saturated heterocycles. The summed E-state index contributed by atoms with van der Waals surface area (Å²) in [5.74, 6) is 0. The molecular formula is C15H20ClN3O3S2. The van der Waals surface area contributed by atoms with E-state index in [1.165, 1.54) is 0 Å². The Morgan fingerprint density at radius 1 is 1.62 bits per heavy atom. The van der Waals surface area contributed by atoms with Crippen molar-refractivity contribution in [3.8, 4) is 0 Å². The smallest absolute Gasteiger partial charge is 0.123 e. The van der Waals surface area contributed by atoms with Crippen molar-refractivity contribution in [1.29, 1.82) is 0 Å². The van der Waals surface area contributed by atoms with Crippen LogP contribution >= 0.6 is 23.5 Å². The van der Waals surface area contributed by atoms with E-state index in [-0.39, 0.29) is 6.61 Å². The summed E-state index contributed by atoms with van der Waals surface area (Å²) < 4.78 is 19.0. The Morgan fingerprint density at radius 2 is 2.42 bits per heavy atom. The average Bonchev–Trinajstić information content (AvgIpc) is 2.56. The van der Waals surface area contributed by atoms with Gasteiger partial charge in [0.05, 0.1) is 41.8 Å². The van der Waals surface area contributed by atoms with Crippen LogP contribution in [0.3, 0.4) is 0 Å². The molecule has 0 fully saturated rings. The Bertz CT molecular complexity index is 655. The fourth-order valence-electron chi connectivity index (χ4n) is 1.96. The van der Waals surface area contributed by atoms with Crippen molar-refractivity contribution in [2.45, 2.75) is 16.2 Å². The highest BCUT2D eigenvalue weighted by Crippen LogP contribution is 2.38. The van der Waals surface area contributed by atoms with Gasteiger partial charge in [0.2, 0.25) is 0 Å². The molecule has 2 rings (SSSR count). The van der Waals surface area contributed by atoms with Gasteiger partial charge in [-0.05, 0) is 42.2 Å². The Morgan fingerprint density at radius 3 is 3.12 bits per heavy atom. The maximum atomic E-state index is 11.5. The van der Waals surface area contributed by atoms with Crippen LogP contribution in [0.15, 0.2) is 46.4 Å². The summed E-state index contributed by atoms with van der Waals surface area (Å²) in [7, 11) is -1.61. The molecule has 0 aromatic heterocycles. The number of fused-ring (bicyclic) bond motifs is 1. The van der Waals surface area contributed by atoms with Crippen LogP contribution in [0.4, 0.5) is 5.69 Å². The maximum Gasteiger partial charge on any atom is 0.123 e. The number of hydrogen-bond donors (Lipinski definition) is 3. The van der Waals surface area contributed by atoms with Gasteiger partial charge in [-0.25, -0.2) is 13.7 Å². The van der Waals surface area contributed by atoms with Gasteiger partial charge in [-0.1, -0.05) is 18.2 Å². The Kier molecular flexibility index (Phi) is 7.60. The standard InChI is InChI=1S/C15H20ClN3O3S2/c1-11(9-20)3-6-22-5-2-4-19-10-18-13-7-12(16)15(24(17)21)8-14(13)23-19/h3,6-8,18,20H,1-2,4-5,9-10,17H2/b6-3+. The molecule has 0 amide bonds. The molecule has 1 aromatic carbocycles. The van der Waals surface area contributed by atoms with Crippen molar-refractivity contribution in [2.75, 3.05) is 31.7 Å². The molecule has 1 aliphatic rings. The summed E-state index contributed by atoms with van der Waals surface area (Å²) in [6.45, 7) is 5.62. The van der Waals surface area contributed by atoms with E-state index in [2.05, 4.69) is 16.2 Å². The van der Waals surface area contributed by atoms with Crippen molar-refractivity contribution in [3.05, 3.63) is 41.6 Å². The molecule has 4 N–H and O–H groups in total. The second kappa shape index (κ2) is 9.45. The number of nitrogens with zero attached hydrogens (tertiary/aromatic N) is 1. The van der Waals surface area contributed by atoms with Gasteiger partial charge in [0, 0.05) is 11.4 Å². The highest BCUT2D eigenvalue weighted by molar-refractivity contribution is 7.97. The highest BCUT2D eigenvalue weighted by Gasteiger charge is 2.19. The van der Waals surface area contributed by atoms with Crippen LogP contribution in [0.25, 0.3) is 0 Å². The first kappa shape index (κ1) is 19.3. The summed E-state index contributed by atoms with van der Waals surface area (Å²) in [4.78, 5) is 1.38. The lowest BCUT2D eigenvalue weighted by molar-refractivity contribution is 0.235. The van der Waals surface area contributed by atoms with Crippen LogP contribution in [-0.4, -0.2) is 40.0 Å². The molecule has 1 aliphatic heterocycles. The number of anilines is 1. The lowest BCUT2D eigenvalue weighted by atomic mass is 10.3. The van der Waals surface area contributed by atoms with Gasteiger partial charge in [-0.3, -0.25) is 0 Å². The number of aliphatic hydroxyl groups excluding tert-OH is 1. The minimum atomic E-state index is -1.61. The molecule has 6 nitrogen and oxygen atoms in total. The van der Waals surface area contributed by atoms with E-state index in [1.807, 2.05) is 0 Å². The predicted octanol–water partition coefficient (Wildman–Crippen LogP) is 2.48.